The Hall–Kier alpha value is -5.15. The summed E-state index contributed by atoms with van der Waals surface area (Å²) in [6, 6.07) is 7.98. The van der Waals surface area contributed by atoms with Gasteiger partial charge in [0.15, 0.2) is 12.3 Å². The molecule has 1 aromatic heterocycles. The topological polar surface area (TPSA) is 193 Å². The zero-order chi connectivity index (χ0) is 35.8. The van der Waals surface area contributed by atoms with E-state index >= 15 is 0 Å². The molecule has 3 N–H and O–H groups in total. The minimum Gasteiger partial charge on any atom is -0.481 e. The number of nitrogens with one attached hydrogen (secondary N) is 2. The summed E-state index contributed by atoms with van der Waals surface area (Å²) < 4.78 is 12.4. The van der Waals surface area contributed by atoms with Crippen molar-refractivity contribution in [2.45, 2.75) is 70.5 Å². The van der Waals surface area contributed by atoms with E-state index in [1.807, 2.05) is 0 Å². The molecule has 270 valence electrons. The van der Waals surface area contributed by atoms with Crippen LogP contribution in [0.4, 0.5) is 4.79 Å². The molecule has 1 aromatic carbocycles. The first-order chi connectivity index (χ1) is 24.0. The number of para-hydroxylation sites is 1. The van der Waals surface area contributed by atoms with Crippen molar-refractivity contribution in [2.75, 3.05) is 45.9 Å². The Morgan fingerprint density at radius 1 is 1.02 bits per heavy atom. The first-order valence-electron chi connectivity index (χ1n) is 17.2. The van der Waals surface area contributed by atoms with Crippen LogP contribution in [-0.2, 0) is 23.9 Å². The molecular formula is C34H45N7O9. The number of likely N-dealkylation sites (tertiary alicyclic amines) is 1. The molecule has 0 radical (unpaired) electrons. The molecule has 2 aromatic rings. The number of aliphatic carboxylic acids is 1. The summed E-state index contributed by atoms with van der Waals surface area (Å²) >= 11 is 0. The number of carbonyl (C=O) groups is 6. The third kappa shape index (κ3) is 9.09. The molecule has 16 heteroatoms. The maximum atomic E-state index is 13.7. The highest BCUT2D eigenvalue weighted by Crippen LogP contribution is 2.28. The van der Waals surface area contributed by atoms with E-state index in [9.17, 15) is 33.9 Å². The van der Waals surface area contributed by atoms with Crippen molar-refractivity contribution in [1.82, 2.24) is 35.1 Å². The number of amides is 5. The van der Waals surface area contributed by atoms with Crippen molar-refractivity contribution >= 4 is 35.7 Å². The fourth-order valence-electron chi connectivity index (χ4n) is 6.20. The van der Waals surface area contributed by atoms with E-state index in [2.05, 4.69) is 15.7 Å². The zero-order valence-corrected chi connectivity index (χ0v) is 28.4. The first kappa shape index (κ1) is 36.1. The molecule has 5 amide bonds. The van der Waals surface area contributed by atoms with Crippen LogP contribution < -0.4 is 15.4 Å². The van der Waals surface area contributed by atoms with Crippen LogP contribution in [0.3, 0.4) is 0 Å². The smallest absolute Gasteiger partial charge is 0.409 e. The third-order valence-electron chi connectivity index (χ3n) is 9.08. The van der Waals surface area contributed by atoms with Crippen LogP contribution in [0.25, 0.3) is 5.69 Å². The highest BCUT2D eigenvalue weighted by Gasteiger charge is 2.37. The largest absolute Gasteiger partial charge is 0.481 e. The summed E-state index contributed by atoms with van der Waals surface area (Å²) in [5, 5.41) is 19.4. The SMILES string of the molecule is CCOC(=O)N1CCN(C(=O)[C@H](CCC(=O)O)NC(=O)c2cc(OCC(=O)N3CCC[C@H]3C(=O)NCC3CC3)n(-c3ccccc3)n2)[C@H](C)C1. The Morgan fingerprint density at radius 3 is 2.46 bits per heavy atom. The number of carboxylic acids is 1. The average Bonchev–Trinajstić information content (AvgIpc) is 3.62. The van der Waals surface area contributed by atoms with Gasteiger partial charge in [-0.05, 0) is 64.0 Å². The average molecular weight is 696 g/mol. The number of benzene rings is 1. The van der Waals surface area contributed by atoms with Crippen LogP contribution in [0.5, 0.6) is 5.88 Å². The van der Waals surface area contributed by atoms with Crippen LogP contribution in [-0.4, -0.2) is 129 Å². The Bertz CT molecular complexity index is 1560. The highest BCUT2D eigenvalue weighted by molar-refractivity contribution is 5.96. The molecule has 1 aliphatic carbocycles. The molecule has 0 bridgehead atoms. The van der Waals surface area contributed by atoms with Crippen LogP contribution in [0.2, 0.25) is 0 Å². The van der Waals surface area contributed by atoms with Crippen molar-refractivity contribution < 1.29 is 43.3 Å². The van der Waals surface area contributed by atoms with Gasteiger partial charge in [-0.25, -0.2) is 9.48 Å². The number of hydrogen-bond donors (Lipinski definition) is 3. The molecule has 3 aliphatic rings. The quantitative estimate of drug-likeness (QED) is 0.260. The third-order valence-corrected chi connectivity index (χ3v) is 9.08. The second-order valence-electron chi connectivity index (χ2n) is 12.8. The van der Waals surface area contributed by atoms with Crippen LogP contribution in [0, 0.1) is 5.92 Å². The van der Waals surface area contributed by atoms with Gasteiger partial charge in [0, 0.05) is 51.3 Å². The van der Waals surface area contributed by atoms with E-state index in [1.165, 1.54) is 25.4 Å². The number of hydrogen-bond acceptors (Lipinski definition) is 9. The van der Waals surface area contributed by atoms with E-state index in [0.717, 1.165) is 12.8 Å². The van der Waals surface area contributed by atoms with Gasteiger partial charge >= 0.3 is 12.1 Å². The van der Waals surface area contributed by atoms with Crippen LogP contribution in [0.15, 0.2) is 36.4 Å². The van der Waals surface area contributed by atoms with Gasteiger partial charge in [-0.1, -0.05) is 18.2 Å². The van der Waals surface area contributed by atoms with Crippen molar-refractivity contribution in [3.63, 3.8) is 0 Å². The molecule has 3 heterocycles. The molecule has 3 atom stereocenters. The maximum Gasteiger partial charge on any atom is 0.409 e. The molecular weight excluding hydrogens is 650 g/mol. The van der Waals surface area contributed by atoms with E-state index in [0.29, 0.717) is 37.5 Å². The molecule has 0 spiro atoms. The molecule has 2 saturated heterocycles. The molecule has 1 saturated carbocycles. The Balaban J connectivity index is 1.28. The lowest BCUT2D eigenvalue weighted by molar-refractivity contribution is -0.140. The van der Waals surface area contributed by atoms with Crippen LogP contribution in [0.1, 0.15) is 62.9 Å². The minimum atomic E-state index is -1.19. The van der Waals surface area contributed by atoms with Crippen molar-refractivity contribution in [2.24, 2.45) is 5.92 Å². The van der Waals surface area contributed by atoms with Gasteiger partial charge < -0.3 is 39.9 Å². The van der Waals surface area contributed by atoms with Gasteiger partial charge in [0.25, 0.3) is 11.8 Å². The van der Waals surface area contributed by atoms with E-state index in [-0.39, 0.29) is 62.5 Å². The maximum absolute atomic E-state index is 13.7. The Labute approximate surface area is 290 Å². The highest BCUT2D eigenvalue weighted by atomic mass is 16.6. The number of rotatable bonds is 14. The van der Waals surface area contributed by atoms with Crippen molar-refractivity contribution in [3.8, 4) is 11.6 Å². The summed E-state index contributed by atoms with van der Waals surface area (Å²) in [4.78, 5) is 81.6. The predicted octanol–water partition coefficient (Wildman–Crippen LogP) is 1.42. The normalized spacial score (nSPS) is 19.4. The van der Waals surface area contributed by atoms with Gasteiger partial charge in [-0.15, -0.1) is 0 Å². The molecule has 3 fully saturated rings. The summed E-state index contributed by atoms with van der Waals surface area (Å²) in [5.74, 6) is -2.31. The zero-order valence-electron chi connectivity index (χ0n) is 28.4. The van der Waals surface area contributed by atoms with E-state index < -0.39 is 48.6 Å². The number of nitrogens with zero attached hydrogens (tertiary/aromatic N) is 5. The second-order valence-corrected chi connectivity index (χ2v) is 12.8. The van der Waals surface area contributed by atoms with Crippen molar-refractivity contribution in [3.05, 3.63) is 42.1 Å². The first-order valence-corrected chi connectivity index (χ1v) is 17.2. The molecule has 5 rings (SSSR count). The van der Waals surface area contributed by atoms with Gasteiger partial charge in [0.05, 0.1) is 12.3 Å². The number of piperazine rings is 1. The number of carbonyl (C=O) groups excluding carboxylic acids is 5. The fourth-order valence-corrected chi connectivity index (χ4v) is 6.20. The van der Waals surface area contributed by atoms with E-state index in [1.54, 1.807) is 44.2 Å². The summed E-state index contributed by atoms with van der Waals surface area (Å²) in [7, 11) is 0. The van der Waals surface area contributed by atoms with Crippen molar-refractivity contribution in [1.29, 1.82) is 0 Å². The van der Waals surface area contributed by atoms with Gasteiger partial charge in [-0.2, -0.15) is 5.10 Å². The minimum absolute atomic E-state index is 0.0840. The summed E-state index contributed by atoms with van der Waals surface area (Å²) in [5.41, 5.74) is 0.419. The lowest BCUT2D eigenvalue weighted by atomic mass is 10.1. The van der Waals surface area contributed by atoms with Gasteiger partial charge in [0.2, 0.25) is 17.7 Å². The monoisotopic (exact) mass is 695 g/mol. The second kappa shape index (κ2) is 16.5. The molecule has 50 heavy (non-hydrogen) atoms. The summed E-state index contributed by atoms with van der Waals surface area (Å²) in [6.07, 6.45) is 2.43. The molecule has 0 unspecified atom stereocenters. The lowest BCUT2D eigenvalue weighted by Crippen LogP contribution is -2.59. The Kier molecular flexibility index (Phi) is 11.9. The Morgan fingerprint density at radius 2 is 1.78 bits per heavy atom. The number of ether oxygens (including phenoxy) is 2. The lowest BCUT2D eigenvalue weighted by Gasteiger charge is -2.40. The molecule has 16 nitrogen and oxygen atoms in total. The fraction of sp³-hybridized carbons (Fsp3) is 0.559. The standard InChI is InChI=1S/C34H45N7O9/c1-3-49-34(48)38-16-17-39(22(2)20-38)33(47)25(13-14-30(43)44)36-31(45)26-18-29(41(37-26)24-8-5-4-6-9-24)50-21-28(42)40-15-7-10-27(40)32(46)35-19-23-11-12-23/h4-6,8-9,18,22-23,25,27H,3,7,10-17,19-21H2,1-2H3,(H,35,46)(H,36,45)(H,43,44)/t22-,25+,27+/m1/s1. The predicted molar refractivity (Wildman–Crippen MR) is 177 cm³/mol. The molecule has 2 aliphatic heterocycles. The van der Waals surface area contributed by atoms with E-state index in [4.69, 9.17) is 9.47 Å². The van der Waals surface area contributed by atoms with Gasteiger partial charge in [-0.3, -0.25) is 24.0 Å². The number of aromatic nitrogens is 2. The van der Waals surface area contributed by atoms with Gasteiger partial charge in [0.1, 0.15) is 12.1 Å². The number of carboxylic acid groups (broad SMARTS) is 1. The summed E-state index contributed by atoms with van der Waals surface area (Å²) in [6.45, 7) is 4.94. The van der Waals surface area contributed by atoms with Crippen LogP contribution >= 0.6 is 0 Å².